The van der Waals surface area contributed by atoms with Gasteiger partial charge in [-0.25, -0.2) is 0 Å². The van der Waals surface area contributed by atoms with Crippen LogP contribution in [-0.4, -0.2) is 12.6 Å². The molecule has 0 amide bonds. The highest BCUT2D eigenvalue weighted by Gasteiger charge is 2.08. The fourth-order valence-electron chi connectivity index (χ4n) is 1.34. The summed E-state index contributed by atoms with van der Waals surface area (Å²) in [4.78, 5) is 10.0. The minimum atomic E-state index is 0.164. The van der Waals surface area contributed by atoms with E-state index in [4.69, 9.17) is 4.74 Å². The van der Waals surface area contributed by atoms with Gasteiger partial charge in [-0.05, 0) is 32.1 Å². The molecule has 0 saturated carbocycles. The third-order valence-corrected chi connectivity index (χ3v) is 1.97. The Balaban J connectivity index is 2.29. The molecule has 11 heavy (non-hydrogen) atoms. The predicted molar refractivity (Wildman–Crippen MR) is 43.2 cm³/mol. The summed E-state index contributed by atoms with van der Waals surface area (Å²) < 4.78 is 4.90. The van der Waals surface area contributed by atoms with E-state index in [-0.39, 0.29) is 6.10 Å². The van der Waals surface area contributed by atoms with E-state index in [0.717, 1.165) is 32.1 Å². The number of carbonyl (C=O) groups is 1. The van der Waals surface area contributed by atoms with Crippen molar-refractivity contribution in [1.29, 1.82) is 0 Å². The van der Waals surface area contributed by atoms with E-state index in [0.29, 0.717) is 6.47 Å². The van der Waals surface area contributed by atoms with E-state index >= 15 is 0 Å². The van der Waals surface area contributed by atoms with Gasteiger partial charge in [0.15, 0.2) is 0 Å². The van der Waals surface area contributed by atoms with Crippen LogP contribution in [0.15, 0.2) is 12.2 Å². The second kappa shape index (κ2) is 4.94. The molecule has 1 aliphatic rings. The van der Waals surface area contributed by atoms with Gasteiger partial charge in [0.2, 0.25) is 0 Å². The quantitative estimate of drug-likeness (QED) is 0.449. The molecule has 2 heteroatoms. The van der Waals surface area contributed by atoms with E-state index in [1.807, 2.05) is 0 Å². The van der Waals surface area contributed by atoms with Crippen molar-refractivity contribution in [1.82, 2.24) is 0 Å². The third kappa shape index (κ3) is 3.21. The van der Waals surface area contributed by atoms with Crippen LogP contribution in [0.4, 0.5) is 0 Å². The Kier molecular flexibility index (Phi) is 3.73. The molecular weight excluding hydrogens is 140 g/mol. The van der Waals surface area contributed by atoms with Crippen molar-refractivity contribution in [2.24, 2.45) is 0 Å². The van der Waals surface area contributed by atoms with Gasteiger partial charge >= 0.3 is 0 Å². The summed E-state index contributed by atoms with van der Waals surface area (Å²) in [5.41, 5.74) is 0. The highest BCUT2D eigenvalue weighted by atomic mass is 16.5. The number of ether oxygens (including phenoxy) is 1. The van der Waals surface area contributed by atoms with Crippen molar-refractivity contribution >= 4 is 6.47 Å². The van der Waals surface area contributed by atoms with Gasteiger partial charge in [0.1, 0.15) is 6.10 Å². The van der Waals surface area contributed by atoms with Gasteiger partial charge < -0.3 is 4.74 Å². The lowest BCUT2D eigenvalue weighted by atomic mass is 10.0. The number of hydrogen-bond acceptors (Lipinski definition) is 2. The SMILES string of the molecule is O=COC1CC/C=C/CCC1. The molecule has 0 aromatic carbocycles. The Morgan fingerprint density at radius 1 is 1.27 bits per heavy atom. The minimum absolute atomic E-state index is 0.164. The molecule has 0 spiro atoms. The lowest BCUT2D eigenvalue weighted by Crippen LogP contribution is -2.12. The Morgan fingerprint density at radius 2 is 2.09 bits per heavy atom. The maximum Gasteiger partial charge on any atom is 0.293 e. The van der Waals surface area contributed by atoms with Crippen molar-refractivity contribution in [3.05, 3.63) is 12.2 Å². The van der Waals surface area contributed by atoms with Gasteiger partial charge in [-0.15, -0.1) is 0 Å². The summed E-state index contributed by atoms with van der Waals surface area (Å²) in [6.45, 7) is 0.565. The van der Waals surface area contributed by atoms with Gasteiger partial charge in [-0.1, -0.05) is 12.2 Å². The minimum Gasteiger partial charge on any atom is -0.465 e. The van der Waals surface area contributed by atoms with E-state index < -0.39 is 0 Å². The second-order valence-corrected chi connectivity index (χ2v) is 2.83. The summed E-state index contributed by atoms with van der Waals surface area (Å²) in [5.74, 6) is 0. The third-order valence-electron chi connectivity index (χ3n) is 1.97. The number of allylic oxidation sites excluding steroid dienone is 2. The lowest BCUT2D eigenvalue weighted by molar-refractivity contribution is -0.134. The topological polar surface area (TPSA) is 26.3 Å². The zero-order chi connectivity index (χ0) is 7.94. The molecule has 1 atom stereocenters. The van der Waals surface area contributed by atoms with Crippen molar-refractivity contribution in [2.45, 2.75) is 38.2 Å². The highest BCUT2D eigenvalue weighted by Crippen LogP contribution is 2.14. The molecule has 0 fully saturated rings. The first kappa shape index (κ1) is 8.31. The maximum absolute atomic E-state index is 10.0. The predicted octanol–water partition coefficient (Wildman–Crippen LogP) is 2.05. The van der Waals surface area contributed by atoms with Crippen LogP contribution in [-0.2, 0) is 9.53 Å². The summed E-state index contributed by atoms with van der Waals surface area (Å²) in [6, 6.07) is 0. The summed E-state index contributed by atoms with van der Waals surface area (Å²) >= 11 is 0. The standard InChI is InChI=1S/C9H14O2/c10-8-11-9-6-4-2-1-3-5-7-9/h1-2,8-9H,3-7H2/b2-1+. The van der Waals surface area contributed by atoms with Crippen LogP contribution in [0.3, 0.4) is 0 Å². The van der Waals surface area contributed by atoms with E-state index in [2.05, 4.69) is 12.2 Å². The molecule has 0 saturated heterocycles. The molecule has 0 aliphatic heterocycles. The van der Waals surface area contributed by atoms with E-state index in [1.165, 1.54) is 0 Å². The van der Waals surface area contributed by atoms with Crippen LogP contribution in [0, 0.1) is 0 Å². The monoisotopic (exact) mass is 154 g/mol. The van der Waals surface area contributed by atoms with Gasteiger partial charge in [-0.3, -0.25) is 4.79 Å². The van der Waals surface area contributed by atoms with Crippen molar-refractivity contribution in [3.63, 3.8) is 0 Å². The van der Waals surface area contributed by atoms with E-state index in [1.54, 1.807) is 0 Å². The number of hydrogen-bond donors (Lipinski definition) is 0. The smallest absolute Gasteiger partial charge is 0.293 e. The molecule has 62 valence electrons. The average Bonchev–Trinajstić information content (AvgIpc) is 1.94. The first-order chi connectivity index (χ1) is 5.43. The molecule has 1 unspecified atom stereocenters. The molecule has 0 N–H and O–H groups in total. The molecule has 0 aromatic rings. The van der Waals surface area contributed by atoms with Gasteiger partial charge in [-0.2, -0.15) is 0 Å². The average molecular weight is 154 g/mol. The Hall–Kier alpha value is -0.790. The van der Waals surface area contributed by atoms with Crippen molar-refractivity contribution in [2.75, 3.05) is 0 Å². The summed E-state index contributed by atoms with van der Waals surface area (Å²) in [5, 5.41) is 0. The molecule has 0 heterocycles. The summed E-state index contributed by atoms with van der Waals surface area (Å²) in [7, 11) is 0. The lowest BCUT2D eigenvalue weighted by Gasteiger charge is -2.14. The molecular formula is C9H14O2. The van der Waals surface area contributed by atoms with Crippen LogP contribution in [0.2, 0.25) is 0 Å². The fraction of sp³-hybridized carbons (Fsp3) is 0.667. The Morgan fingerprint density at radius 3 is 2.91 bits per heavy atom. The van der Waals surface area contributed by atoms with Crippen LogP contribution in [0.5, 0.6) is 0 Å². The zero-order valence-electron chi connectivity index (χ0n) is 6.66. The summed E-state index contributed by atoms with van der Waals surface area (Å²) in [6.07, 6.45) is 9.83. The molecule has 0 radical (unpaired) electrons. The Bertz CT molecular complexity index is 140. The number of rotatable bonds is 2. The van der Waals surface area contributed by atoms with Gasteiger partial charge in [0.25, 0.3) is 6.47 Å². The fourth-order valence-corrected chi connectivity index (χ4v) is 1.34. The van der Waals surface area contributed by atoms with Gasteiger partial charge in [0.05, 0.1) is 0 Å². The Labute approximate surface area is 67.2 Å². The van der Waals surface area contributed by atoms with Crippen molar-refractivity contribution < 1.29 is 9.53 Å². The van der Waals surface area contributed by atoms with Crippen molar-refractivity contribution in [3.8, 4) is 0 Å². The zero-order valence-corrected chi connectivity index (χ0v) is 6.66. The first-order valence-corrected chi connectivity index (χ1v) is 4.17. The second-order valence-electron chi connectivity index (χ2n) is 2.83. The normalized spacial score (nSPS) is 28.2. The maximum atomic E-state index is 10.0. The van der Waals surface area contributed by atoms with Crippen LogP contribution in [0.1, 0.15) is 32.1 Å². The molecule has 0 aromatic heterocycles. The molecule has 1 rings (SSSR count). The molecule has 0 bridgehead atoms. The van der Waals surface area contributed by atoms with E-state index in [9.17, 15) is 4.79 Å². The van der Waals surface area contributed by atoms with Crippen LogP contribution < -0.4 is 0 Å². The molecule has 2 nitrogen and oxygen atoms in total. The van der Waals surface area contributed by atoms with Gasteiger partial charge in [0, 0.05) is 0 Å². The highest BCUT2D eigenvalue weighted by molar-refractivity contribution is 5.37. The molecule has 1 aliphatic carbocycles. The number of carbonyl (C=O) groups excluding carboxylic acids is 1. The van der Waals surface area contributed by atoms with Crippen LogP contribution in [0.25, 0.3) is 0 Å². The first-order valence-electron chi connectivity index (χ1n) is 4.17. The van der Waals surface area contributed by atoms with Crippen LogP contribution >= 0.6 is 0 Å². The largest absolute Gasteiger partial charge is 0.465 e.